The molecular formula is C15H15Cl2FN4O2. The van der Waals surface area contributed by atoms with Gasteiger partial charge in [-0.25, -0.2) is 14.4 Å². The Hall–Kier alpha value is -1.73. The van der Waals surface area contributed by atoms with Crippen LogP contribution < -0.4 is 4.90 Å². The summed E-state index contributed by atoms with van der Waals surface area (Å²) in [6, 6.07) is 0. The second-order valence-electron chi connectivity index (χ2n) is 5.58. The van der Waals surface area contributed by atoms with Crippen LogP contribution in [0.4, 0.5) is 10.2 Å². The van der Waals surface area contributed by atoms with Crippen LogP contribution >= 0.6 is 23.2 Å². The first-order chi connectivity index (χ1) is 11.5. The Morgan fingerprint density at radius 3 is 2.88 bits per heavy atom. The maximum Gasteiger partial charge on any atom is 0.308 e. The summed E-state index contributed by atoms with van der Waals surface area (Å²) in [6.45, 7) is 1.24. The van der Waals surface area contributed by atoms with E-state index in [9.17, 15) is 9.18 Å². The molecule has 0 bridgehead atoms. The lowest BCUT2D eigenvalue weighted by Gasteiger charge is -2.23. The number of methoxy groups -OCH3 is 1. The van der Waals surface area contributed by atoms with Gasteiger partial charge in [0.15, 0.2) is 11.0 Å². The summed E-state index contributed by atoms with van der Waals surface area (Å²) in [5, 5.41) is 0.120. The van der Waals surface area contributed by atoms with E-state index in [0.717, 1.165) is 12.8 Å². The Balaban J connectivity index is 1.97. The lowest BCUT2D eigenvalue weighted by molar-refractivity contribution is -0.145. The molecule has 3 rings (SSSR count). The molecule has 0 amide bonds. The van der Waals surface area contributed by atoms with Gasteiger partial charge in [-0.1, -0.05) is 11.6 Å². The number of pyridine rings is 1. The maximum atomic E-state index is 14.2. The molecule has 0 aromatic carbocycles. The standard InChI is InChI=1S/C15H15Cl2FN4O2/c1-24-14(23)8-3-2-5-22(6-4-8)13-9-7-19-12(16)10(18)11(9)20-15(17)21-13/h7-8H,2-6H2,1H3. The molecular weight excluding hydrogens is 358 g/mol. The molecule has 1 aliphatic rings. The highest BCUT2D eigenvalue weighted by Crippen LogP contribution is 2.31. The number of rotatable bonds is 2. The predicted octanol–water partition coefficient (Wildman–Crippen LogP) is 3.25. The van der Waals surface area contributed by atoms with Crippen LogP contribution in [0.1, 0.15) is 19.3 Å². The summed E-state index contributed by atoms with van der Waals surface area (Å²) >= 11 is 11.7. The first kappa shape index (κ1) is 17.1. The number of anilines is 1. The van der Waals surface area contributed by atoms with Crippen molar-refractivity contribution in [3.8, 4) is 0 Å². The summed E-state index contributed by atoms with van der Waals surface area (Å²) in [5.74, 6) is -0.574. The van der Waals surface area contributed by atoms with Crippen LogP contribution in [0, 0.1) is 11.7 Å². The van der Waals surface area contributed by atoms with Crippen molar-refractivity contribution in [2.45, 2.75) is 19.3 Å². The minimum atomic E-state index is -0.720. The van der Waals surface area contributed by atoms with Gasteiger partial charge in [0.25, 0.3) is 0 Å². The molecule has 1 fully saturated rings. The average Bonchev–Trinajstić information content (AvgIpc) is 2.83. The minimum Gasteiger partial charge on any atom is -0.469 e. The van der Waals surface area contributed by atoms with Gasteiger partial charge < -0.3 is 9.64 Å². The number of nitrogens with zero attached hydrogens (tertiary/aromatic N) is 4. The number of carbonyl (C=O) groups is 1. The highest BCUT2D eigenvalue weighted by molar-refractivity contribution is 6.30. The number of hydrogen-bond donors (Lipinski definition) is 0. The molecule has 1 saturated heterocycles. The Morgan fingerprint density at radius 1 is 1.33 bits per heavy atom. The van der Waals surface area contributed by atoms with Crippen LogP contribution in [0.5, 0.6) is 0 Å². The fraction of sp³-hybridized carbons (Fsp3) is 0.467. The zero-order valence-electron chi connectivity index (χ0n) is 12.9. The lowest BCUT2D eigenvalue weighted by atomic mass is 10.0. The molecule has 1 unspecified atom stereocenters. The molecule has 0 saturated carbocycles. The number of hydrogen-bond acceptors (Lipinski definition) is 6. The van der Waals surface area contributed by atoms with Crippen molar-refractivity contribution in [1.29, 1.82) is 0 Å². The van der Waals surface area contributed by atoms with Crippen LogP contribution in [0.25, 0.3) is 10.9 Å². The normalized spacial score (nSPS) is 18.5. The van der Waals surface area contributed by atoms with E-state index >= 15 is 0 Å². The Kier molecular flexibility index (Phi) is 5.01. The van der Waals surface area contributed by atoms with E-state index in [0.29, 0.717) is 30.7 Å². The van der Waals surface area contributed by atoms with Crippen LogP contribution in [0.3, 0.4) is 0 Å². The summed E-state index contributed by atoms with van der Waals surface area (Å²) < 4.78 is 19.0. The predicted molar refractivity (Wildman–Crippen MR) is 88.9 cm³/mol. The molecule has 6 nitrogen and oxygen atoms in total. The third-order valence-electron chi connectivity index (χ3n) is 4.16. The van der Waals surface area contributed by atoms with E-state index in [1.165, 1.54) is 13.3 Å². The van der Waals surface area contributed by atoms with Gasteiger partial charge in [0.2, 0.25) is 5.28 Å². The molecule has 128 valence electrons. The van der Waals surface area contributed by atoms with Crippen LogP contribution in [0.2, 0.25) is 10.4 Å². The van der Waals surface area contributed by atoms with Crippen molar-refractivity contribution < 1.29 is 13.9 Å². The topological polar surface area (TPSA) is 68.2 Å². The van der Waals surface area contributed by atoms with Crippen molar-refractivity contribution in [3.63, 3.8) is 0 Å². The van der Waals surface area contributed by atoms with Crippen molar-refractivity contribution >= 4 is 45.9 Å². The largest absolute Gasteiger partial charge is 0.469 e. The van der Waals surface area contributed by atoms with Crippen molar-refractivity contribution in [3.05, 3.63) is 22.5 Å². The molecule has 1 atom stereocenters. The van der Waals surface area contributed by atoms with Gasteiger partial charge in [-0.15, -0.1) is 0 Å². The molecule has 0 aliphatic carbocycles. The van der Waals surface area contributed by atoms with E-state index in [1.54, 1.807) is 0 Å². The third kappa shape index (κ3) is 3.23. The van der Waals surface area contributed by atoms with Gasteiger partial charge in [0.05, 0.1) is 18.4 Å². The van der Waals surface area contributed by atoms with E-state index in [1.807, 2.05) is 4.90 Å². The SMILES string of the molecule is COC(=O)C1CCCN(c2nc(Cl)nc3c(F)c(Cl)ncc23)CC1. The summed E-state index contributed by atoms with van der Waals surface area (Å²) in [6.07, 6.45) is 3.58. The maximum absolute atomic E-state index is 14.2. The van der Waals surface area contributed by atoms with Gasteiger partial charge >= 0.3 is 5.97 Å². The average molecular weight is 373 g/mol. The van der Waals surface area contributed by atoms with Gasteiger partial charge in [-0.3, -0.25) is 4.79 Å². The van der Waals surface area contributed by atoms with Crippen molar-refractivity contribution in [2.75, 3.05) is 25.1 Å². The van der Waals surface area contributed by atoms with Gasteiger partial charge in [0.1, 0.15) is 11.3 Å². The molecule has 0 N–H and O–H groups in total. The quantitative estimate of drug-likeness (QED) is 0.457. The molecule has 24 heavy (non-hydrogen) atoms. The molecule has 9 heteroatoms. The van der Waals surface area contributed by atoms with Crippen LogP contribution in [0.15, 0.2) is 6.20 Å². The minimum absolute atomic E-state index is 0.0405. The van der Waals surface area contributed by atoms with Gasteiger partial charge in [-0.2, -0.15) is 4.98 Å². The zero-order chi connectivity index (χ0) is 17.3. The summed E-state index contributed by atoms with van der Waals surface area (Å²) in [7, 11) is 1.39. The molecule has 3 heterocycles. The Bertz CT molecular complexity index is 790. The fourth-order valence-electron chi connectivity index (χ4n) is 2.94. The second kappa shape index (κ2) is 7.03. The number of aromatic nitrogens is 3. The molecule has 2 aromatic rings. The van der Waals surface area contributed by atoms with Gasteiger partial charge in [-0.05, 0) is 30.9 Å². The van der Waals surface area contributed by atoms with Crippen LogP contribution in [-0.4, -0.2) is 41.1 Å². The molecule has 2 aromatic heterocycles. The van der Waals surface area contributed by atoms with Gasteiger partial charge in [0, 0.05) is 19.3 Å². The van der Waals surface area contributed by atoms with E-state index < -0.39 is 5.82 Å². The van der Waals surface area contributed by atoms with E-state index in [-0.39, 0.29) is 27.8 Å². The summed E-state index contributed by atoms with van der Waals surface area (Å²) in [5.41, 5.74) is 0.0405. The summed E-state index contributed by atoms with van der Waals surface area (Å²) in [4.78, 5) is 25.7. The fourth-order valence-corrected chi connectivity index (χ4v) is 3.25. The first-order valence-electron chi connectivity index (χ1n) is 7.51. The smallest absolute Gasteiger partial charge is 0.308 e. The zero-order valence-corrected chi connectivity index (χ0v) is 14.4. The van der Waals surface area contributed by atoms with Crippen molar-refractivity contribution in [1.82, 2.24) is 15.0 Å². The number of fused-ring (bicyclic) bond motifs is 1. The van der Waals surface area contributed by atoms with Crippen molar-refractivity contribution in [2.24, 2.45) is 5.92 Å². The highest BCUT2D eigenvalue weighted by Gasteiger charge is 2.26. The number of ether oxygens (including phenoxy) is 1. The van der Waals surface area contributed by atoms with E-state index in [4.69, 9.17) is 27.9 Å². The Labute approximate surface area is 147 Å². The molecule has 0 radical (unpaired) electrons. The highest BCUT2D eigenvalue weighted by atomic mass is 35.5. The first-order valence-corrected chi connectivity index (χ1v) is 8.27. The second-order valence-corrected chi connectivity index (χ2v) is 6.28. The Morgan fingerprint density at radius 2 is 2.12 bits per heavy atom. The number of halogens is 3. The molecule has 0 spiro atoms. The number of carbonyl (C=O) groups excluding carboxylic acids is 1. The number of esters is 1. The third-order valence-corrected chi connectivity index (χ3v) is 4.59. The lowest BCUT2D eigenvalue weighted by Crippen LogP contribution is -2.26. The monoisotopic (exact) mass is 372 g/mol. The molecule has 1 aliphatic heterocycles. The van der Waals surface area contributed by atoms with E-state index in [2.05, 4.69) is 15.0 Å². The van der Waals surface area contributed by atoms with Crippen LogP contribution in [-0.2, 0) is 9.53 Å².